The number of esters is 1. The number of thiophene rings is 1. The number of benzene rings is 1. The Hall–Kier alpha value is -2.95. The van der Waals surface area contributed by atoms with E-state index in [0.717, 1.165) is 11.6 Å². The van der Waals surface area contributed by atoms with Gasteiger partial charge in [0.1, 0.15) is 5.69 Å². The molecule has 144 valence electrons. The minimum absolute atomic E-state index is 0.0461. The molecule has 2 rings (SSSR count). The van der Waals surface area contributed by atoms with E-state index in [4.69, 9.17) is 4.74 Å². The third-order valence-electron chi connectivity index (χ3n) is 3.36. The largest absolute Gasteiger partial charge is 0.456 e. The fourth-order valence-corrected chi connectivity index (χ4v) is 2.75. The second-order valence-corrected chi connectivity index (χ2v) is 6.11. The number of hydrogen-bond donors (Lipinski definition) is 1. The van der Waals surface area contributed by atoms with E-state index in [2.05, 4.69) is 5.32 Å². The molecule has 0 saturated heterocycles. The van der Waals surface area contributed by atoms with Gasteiger partial charge in [0.05, 0.1) is 10.5 Å². The van der Waals surface area contributed by atoms with Crippen molar-refractivity contribution in [3.05, 3.63) is 56.3 Å². The number of nitrogens with zero attached hydrogens (tertiary/aromatic N) is 1. The molecule has 27 heavy (non-hydrogen) atoms. The highest BCUT2D eigenvalue weighted by molar-refractivity contribution is 7.07. The van der Waals surface area contributed by atoms with Crippen LogP contribution < -0.4 is 5.32 Å². The van der Waals surface area contributed by atoms with Crippen molar-refractivity contribution in [3.8, 4) is 0 Å². The molecule has 1 aromatic heterocycles. The molecule has 0 unspecified atom stereocenters. The highest BCUT2D eigenvalue weighted by Gasteiger charge is 2.33. The molecule has 0 spiro atoms. The van der Waals surface area contributed by atoms with E-state index in [1.165, 1.54) is 11.3 Å². The summed E-state index contributed by atoms with van der Waals surface area (Å²) >= 11 is 1.48. The fourth-order valence-electron chi connectivity index (χ4n) is 2.05. The van der Waals surface area contributed by atoms with Gasteiger partial charge in [0.25, 0.3) is 11.6 Å². The Bertz CT molecular complexity index is 837. The molecule has 0 saturated carbocycles. The molecule has 0 bridgehead atoms. The molecule has 1 N–H and O–H groups in total. The molecule has 0 atom stereocenters. The number of aryl methyl sites for hydroxylation is 1. The molecule has 0 aliphatic heterocycles. The molecule has 0 radical (unpaired) electrons. The Kier molecular flexibility index (Phi) is 6.50. The van der Waals surface area contributed by atoms with E-state index >= 15 is 0 Å². The number of nitro groups is 1. The van der Waals surface area contributed by atoms with E-state index in [0.29, 0.717) is 18.6 Å². The van der Waals surface area contributed by atoms with Crippen molar-refractivity contribution < 1.29 is 32.4 Å². The average molecular weight is 402 g/mol. The molecular weight excluding hydrogens is 389 g/mol. The smallest absolute Gasteiger partial charge is 0.416 e. The van der Waals surface area contributed by atoms with Crippen molar-refractivity contribution >= 4 is 34.6 Å². The Morgan fingerprint density at radius 1 is 1.26 bits per heavy atom. The number of carbonyl (C=O) groups excluding carboxylic acids is 2. The van der Waals surface area contributed by atoms with Gasteiger partial charge in [0.2, 0.25) is 0 Å². The van der Waals surface area contributed by atoms with Gasteiger partial charge in [-0.15, -0.1) is 0 Å². The van der Waals surface area contributed by atoms with Crippen LogP contribution >= 0.6 is 11.3 Å². The van der Waals surface area contributed by atoms with Gasteiger partial charge >= 0.3 is 12.1 Å². The maximum Gasteiger partial charge on any atom is 0.416 e. The van der Waals surface area contributed by atoms with Gasteiger partial charge in [-0.1, -0.05) is 0 Å². The van der Waals surface area contributed by atoms with E-state index in [9.17, 15) is 32.9 Å². The van der Waals surface area contributed by atoms with Gasteiger partial charge < -0.3 is 10.1 Å². The lowest BCUT2D eigenvalue weighted by atomic mass is 10.1. The van der Waals surface area contributed by atoms with E-state index in [1.807, 2.05) is 16.8 Å². The molecule has 0 fully saturated rings. The van der Waals surface area contributed by atoms with Crippen molar-refractivity contribution in [2.75, 3.05) is 11.9 Å². The Morgan fingerprint density at radius 3 is 2.59 bits per heavy atom. The number of amides is 1. The van der Waals surface area contributed by atoms with Crippen molar-refractivity contribution in [2.45, 2.75) is 19.0 Å². The molecule has 0 aliphatic carbocycles. The molecular formula is C16H13F3N2O5S. The molecule has 7 nitrogen and oxygen atoms in total. The maximum absolute atomic E-state index is 12.6. The number of ether oxygens (including phenoxy) is 1. The monoisotopic (exact) mass is 402 g/mol. The summed E-state index contributed by atoms with van der Waals surface area (Å²) in [5.41, 5.74) is -1.61. The number of hydrogen-bond acceptors (Lipinski definition) is 6. The highest BCUT2D eigenvalue weighted by Crippen LogP contribution is 2.34. The number of alkyl halides is 3. The Morgan fingerprint density at radius 2 is 2.00 bits per heavy atom. The number of halogens is 3. The van der Waals surface area contributed by atoms with E-state index < -0.39 is 46.5 Å². The van der Waals surface area contributed by atoms with Crippen LogP contribution in [0.5, 0.6) is 0 Å². The van der Waals surface area contributed by atoms with Crippen LogP contribution in [0.4, 0.5) is 24.5 Å². The number of rotatable bonds is 7. The lowest BCUT2D eigenvalue weighted by molar-refractivity contribution is -0.384. The second kappa shape index (κ2) is 8.62. The van der Waals surface area contributed by atoms with Crippen LogP contribution in [0.15, 0.2) is 35.0 Å². The first kappa shape index (κ1) is 20.4. The van der Waals surface area contributed by atoms with Gasteiger partial charge in [-0.25, -0.2) is 0 Å². The summed E-state index contributed by atoms with van der Waals surface area (Å²) in [7, 11) is 0. The van der Waals surface area contributed by atoms with Crippen LogP contribution in [0.2, 0.25) is 0 Å². The molecule has 1 aromatic carbocycles. The normalized spacial score (nSPS) is 11.1. The van der Waals surface area contributed by atoms with Crippen molar-refractivity contribution in [1.82, 2.24) is 0 Å². The zero-order valence-corrected chi connectivity index (χ0v) is 14.4. The van der Waals surface area contributed by atoms with Gasteiger partial charge in [-0.2, -0.15) is 24.5 Å². The maximum atomic E-state index is 12.6. The quantitative estimate of drug-likeness (QED) is 0.432. The first-order valence-corrected chi connectivity index (χ1v) is 8.43. The summed E-state index contributed by atoms with van der Waals surface area (Å²) in [5.74, 6) is -1.54. The summed E-state index contributed by atoms with van der Waals surface area (Å²) in [6, 6.07) is 3.55. The molecule has 1 amide bonds. The first-order valence-electron chi connectivity index (χ1n) is 7.49. The zero-order chi connectivity index (χ0) is 20.0. The second-order valence-electron chi connectivity index (χ2n) is 5.33. The van der Waals surface area contributed by atoms with Crippen LogP contribution in [0.1, 0.15) is 17.5 Å². The van der Waals surface area contributed by atoms with Crippen molar-refractivity contribution in [3.63, 3.8) is 0 Å². The Labute approximate surface area is 154 Å². The first-order chi connectivity index (χ1) is 12.7. The summed E-state index contributed by atoms with van der Waals surface area (Å²) in [6.07, 6.45) is -4.27. The topological polar surface area (TPSA) is 98.5 Å². The van der Waals surface area contributed by atoms with Crippen molar-refractivity contribution in [1.29, 1.82) is 0 Å². The van der Waals surface area contributed by atoms with E-state index in [1.54, 1.807) is 0 Å². The SMILES string of the molecule is O=C(COC(=O)CCc1ccsc1)Nc1ccc(C(F)(F)F)cc1[N+](=O)[O-]. The van der Waals surface area contributed by atoms with Gasteiger partial charge in [-0.3, -0.25) is 19.7 Å². The standard InChI is InChI=1S/C16H13F3N2O5S/c17-16(18,19)11-2-3-12(13(7-11)21(24)25)20-14(22)8-26-15(23)4-1-10-5-6-27-9-10/h2-3,5-7,9H,1,4,8H2,(H,20,22). The predicted octanol–water partition coefficient (Wildman–Crippen LogP) is 3.79. The minimum Gasteiger partial charge on any atom is -0.456 e. The lowest BCUT2D eigenvalue weighted by Crippen LogP contribution is -2.21. The summed E-state index contributed by atoms with van der Waals surface area (Å²) < 4.78 is 42.7. The zero-order valence-electron chi connectivity index (χ0n) is 13.6. The van der Waals surface area contributed by atoms with Gasteiger partial charge in [0, 0.05) is 12.5 Å². The van der Waals surface area contributed by atoms with Crippen LogP contribution in [0, 0.1) is 10.1 Å². The Balaban J connectivity index is 1.92. The summed E-state index contributed by atoms with van der Waals surface area (Å²) in [6.45, 7) is -0.708. The molecule has 1 heterocycles. The third kappa shape index (κ3) is 6.06. The lowest BCUT2D eigenvalue weighted by Gasteiger charge is -2.10. The highest BCUT2D eigenvalue weighted by atomic mass is 32.1. The number of carbonyl (C=O) groups is 2. The van der Waals surface area contributed by atoms with E-state index in [-0.39, 0.29) is 6.42 Å². The molecule has 0 aliphatic rings. The van der Waals surface area contributed by atoms with Crippen LogP contribution in [-0.2, 0) is 26.9 Å². The minimum atomic E-state index is -4.76. The summed E-state index contributed by atoms with van der Waals surface area (Å²) in [4.78, 5) is 33.3. The fraction of sp³-hybridized carbons (Fsp3) is 0.250. The van der Waals surface area contributed by atoms with Crippen LogP contribution in [-0.4, -0.2) is 23.4 Å². The van der Waals surface area contributed by atoms with Crippen LogP contribution in [0.25, 0.3) is 0 Å². The predicted molar refractivity (Wildman–Crippen MR) is 90.3 cm³/mol. The van der Waals surface area contributed by atoms with Crippen LogP contribution in [0.3, 0.4) is 0 Å². The van der Waals surface area contributed by atoms with Gasteiger partial charge in [0.15, 0.2) is 6.61 Å². The van der Waals surface area contributed by atoms with Crippen molar-refractivity contribution in [2.24, 2.45) is 0 Å². The number of anilines is 1. The molecule has 2 aromatic rings. The van der Waals surface area contributed by atoms with Gasteiger partial charge in [-0.05, 0) is 40.9 Å². The third-order valence-corrected chi connectivity index (χ3v) is 4.09. The molecule has 11 heteroatoms. The number of nitro benzene ring substituents is 1. The summed E-state index contributed by atoms with van der Waals surface area (Å²) in [5, 5.41) is 16.7. The number of nitrogens with one attached hydrogen (secondary N) is 1. The average Bonchev–Trinajstić information content (AvgIpc) is 3.10.